The van der Waals surface area contributed by atoms with Gasteiger partial charge in [0.15, 0.2) is 0 Å². The molecule has 1 saturated carbocycles. The Hall–Kier alpha value is -0.870. The number of benzene rings is 1. The van der Waals surface area contributed by atoms with Gasteiger partial charge < -0.3 is 10.1 Å². The molecule has 19 heavy (non-hydrogen) atoms. The summed E-state index contributed by atoms with van der Waals surface area (Å²) in [6.45, 7) is 0.726. The summed E-state index contributed by atoms with van der Waals surface area (Å²) < 4.78 is 6.04. The normalized spacial score (nSPS) is 16.1. The van der Waals surface area contributed by atoms with Crippen LogP contribution < -0.4 is 5.32 Å². The van der Waals surface area contributed by atoms with Gasteiger partial charge in [-0.15, -0.1) is 0 Å². The van der Waals surface area contributed by atoms with Crippen LogP contribution in [0.5, 0.6) is 0 Å². The molecule has 0 aromatic heterocycles. The van der Waals surface area contributed by atoms with Gasteiger partial charge in [0.25, 0.3) is 0 Å². The Balaban J connectivity index is 1.86. The first-order chi connectivity index (χ1) is 9.16. The molecule has 1 aliphatic rings. The highest BCUT2D eigenvalue weighted by atomic mass is 79.9. The zero-order valence-electron chi connectivity index (χ0n) is 11.2. The molecular weight excluding hydrogens is 306 g/mol. The van der Waals surface area contributed by atoms with Crippen LogP contribution >= 0.6 is 15.9 Å². The van der Waals surface area contributed by atoms with E-state index in [9.17, 15) is 4.79 Å². The number of carbonyl (C=O) groups is 1. The minimum Gasteiger partial charge on any atom is -0.385 e. The topological polar surface area (TPSA) is 38.3 Å². The predicted octanol–water partition coefficient (Wildman–Crippen LogP) is 3.37. The maximum absolute atomic E-state index is 12.0. The van der Waals surface area contributed by atoms with Crippen molar-refractivity contribution in [1.29, 1.82) is 0 Å². The van der Waals surface area contributed by atoms with Crippen molar-refractivity contribution in [3.8, 4) is 0 Å². The van der Waals surface area contributed by atoms with Gasteiger partial charge >= 0.3 is 0 Å². The highest BCUT2D eigenvalue weighted by Gasteiger charge is 2.45. The molecule has 0 bridgehead atoms. The molecule has 4 heteroatoms. The highest BCUT2D eigenvalue weighted by Crippen LogP contribution is 2.46. The van der Waals surface area contributed by atoms with Crippen molar-refractivity contribution >= 4 is 21.8 Å². The first-order valence-corrected chi connectivity index (χ1v) is 7.52. The third-order valence-corrected chi connectivity index (χ3v) is 4.00. The second-order valence-corrected chi connectivity index (χ2v) is 6.01. The first kappa shape index (κ1) is 14.5. The molecule has 0 spiro atoms. The van der Waals surface area contributed by atoms with E-state index in [1.54, 1.807) is 7.11 Å². The number of methoxy groups -OCH3 is 1. The number of carbonyl (C=O) groups excluding carboxylic acids is 1. The number of unbranched alkanes of at least 4 members (excludes halogenated alkanes) is 1. The Morgan fingerprint density at radius 2 is 2.21 bits per heavy atom. The molecule has 1 amide bonds. The molecule has 1 N–H and O–H groups in total. The minimum absolute atomic E-state index is 0.109. The Bertz CT molecular complexity index is 444. The summed E-state index contributed by atoms with van der Waals surface area (Å²) in [5, 5.41) is 3.19. The van der Waals surface area contributed by atoms with Gasteiger partial charge in [0.1, 0.15) is 0 Å². The molecule has 0 heterocycles. The van der Waals surface area contributed by atoms with E-state index in [1.807, 2.05) is 12.1 Å². The van der Waals surface area contributed by atoms with Gasteiger partial charge in [0.05, 0.1) is 5.54 Å². The number of rotatable bonds is 7. The van der Waals surface area contributed by atoms with E-state index in [4.69, 9.17) is 4.74 Å². The van der Waals surface area contributed by atoms with E-state index in [2.05, 4.69) is 33.4 Å². The van der Waals surface area contributed by atoms with Crippen LogP contribution in [0.4, 0.5) is 0 Å². The fourth-order valence-electron chi connectivity index (χ4n) is 2.26. The molecule has 0 saturated heterocycles. The van der Waals surface area contributed by atoms with Crippen LogP contribution in [0.25, 0.3) is 0 Å². The van der Waals surface area contributed by atoms with Gasteiger partial charge in [0.2, 0.25) is 5.91 Å². The number of hydrogen-bond donors (Lipinski definition) is 1. The van der Waals surface area contributed by atoms with Crippen LogP contribution in [-0.2, 0) is 15.1 Å². The minimum atomic E-state index is -0.109. The Morgan fingerprint density at radius 3 is 2.84 bits per heavy atom. The van der Waals surface area contributed by atoms with E-state index >= 15 is 0 Å². The van der Waals surface area contributed by atoms with E-state index in [0.29, 0.717) is 6.42 Å². The molecule has 1 fully saturated rings. The van der Waals surface area contributed by atoms with Crippen LogP contribution in [0, 0.1) is 0 Å². The number of halogens is 1. The van der Waals surface area contributed by atoms with Crippen LogP contribution in [0.2, 0.25) is 0 Å². The Kier molecular flexibility index (Phi) is 4.99. The predicted molar refractivity (Wildman–Crippen MR) is 78.9 cm³/mol. The average molecular weight is 326 g/mol. The van der Waals surface area contributed by atoms with E-state index < -0.39 is 0 Å². The van der Waals surface area contributed by atoms with Gasteiger partial charge in [-0.25, -0.2) is 0 Å². The number of hydrogen-bond acceptors (Lipinski definition) is 2. The average Bonchev–Trinajstić information content (AvgIpc) is 3.16. The van der Waals surface area contributed by atoms with Crippen LogP contribution in [0.3, 0.4) is 0 Å². The highest BCUT2D eigenvalue weighted by molar-refractivity contribution is 9.10. The van der Waals surface area contributed by atoms with Crippen LogP contribution in [0.15, 0.2) is 28.7 Å². The summed E-state index contributed by atoms with van der Waals surface area (Å²) in [5.41, 5.74) is 1.09. The third-order valence-electron chi connectivity index (χ3n) is 3.51. The molecule has 0 aliphatic heterocycles. The lowest BCUT2D eigenvalue weighted by Gasteiger charge is -2.18. The smallest absolute Gasteiger partial charge is 0.220 e. The molecule has 3 nitrogen and oxygen atoms in total. The Labute approximate surface area is 122 Å². The molecular formula is C15H20BrNO2. The van der Waals surface area contributed by atoms with Gasteiger partial charge in [0, 0.05) is 24.6 Å². The first-order valence-electron chi connectivity index (χ1n) is 6.72. The van der Waals surface area contributed by atoms with E-state index in [1.165, 1.54) is 5.56 Å². The second kappa shape index (κ2) is 6.53. The molecule has 2 rings (SSSR count). The van der Waals surface area contributed by atoms with Gasteiger partial charge in [-0.1, -0.05) is 28.1 Å². The van der Waals surface area contributed by atoms with Crippen molar-refractivity contribution < 1.29 is 9.53 Å². The maximum atomic E-state index is 12.0. The lowest BCUT2D eigenvalue weighted by atomic mass is 10.0. The summed E-state index contributed by atoms with van der Waals surface area (Å²) in [4.78, 5) is 12.0. The van der Waals surface area contributed by atoms with Gasteiger partial charge in [-0.3, -0.25) is 4.79 Å². The van der Waals surface area contributed by atoms with Crippen LogP contribution in [0.1, 0.15) is 37.7 Å². The van der Waals surface area contributed by atoms with Crippen molar-refractivity contribution in [3.63, 3.8) is 0 Å². The zero-order chi connectivity index (χ0) is 13.7. The zero-order valence-corrected chi connectivity index (χ0v) is 12.8. The quantitative estimate of drug-likeness (QED) is 0.780. The van der Waals surface area contributed by atoms with E-state index in [-0.39, 0.29) is 11.4 Å². The maximum Gasteiger partial charge on any atom is 0.220 e. The fourth-order valence-corrected chi connectivity index (χ4v) is 2.66. The van der Waals surface area contributed by atoms with E-state index in [0.717, 1.165) is 36.8 Å². The molecule has 1 aromatic rings. The number of nitrogens with one attached hydrogen (secondary N) is 1. The summed E-state index contributed by atoms with van der Waals surface area (Å²) in [6.07, 6.45) is 4.47. The third kappa shape index (κ3) is 4.05. The standard InChI is InChI=1S/C15H20BrNO2/c1-19-10-3-2-7-14(18)17-15(8-9-15)12-5-4-6-13(16)11-12/h4-6,11H,2-3,7-10H2,1H3,(H,17,18). The second-order valence-electron chi connectivity index (χ2n) is 5.09. The molecule has 1 aliphatic carbocycles. The molecule has 104 valence electrons. The molecule has 0 unspecified atom stereocenters. The fraction of sp³-hybridized carbons (Fsp3) is 0.533. The SMILES string of the molecule is COCCCCC(=O)NC1(c2cccc(Br)c2)CC1. The summed E-state index contributed by atoms with van der Waals surface area (Å²) in [7, 11) is 1.69. The van der Waals surface area contributed by atoms with Crippen LogP contribution in [-0.4, -0.2) is 19.6 Å². The number of amides is 1. The monoisotopic (exact) mass is 325 g/mol. The summed E-state index contributed by atoms with van der Waals surface area (Å²) >= 11 is 3.48. The molecule has 0 radical (unpaired) electrons. The number of ether oxygens (including phenoxy) is 1. The summed E-state index contributed by atoms with van der Waals surface area (Å²) in [5.74, 6) is 0.147. The van der Waals surface area contributed by atoms with Crippen molar-refractivity contribution in [1.82, 2.24) is 5.32 Å². The summed E-state index contributed by atoms with van der Waals surface area (Å²) in [6, 6.07) is 8.21. The van der Waals surface area contributed by atoms with Gasteiger partial charge in [-0.2, -0.15) is 0 Å². The largest absolute Gasteiger partial charge is 0.385 e. The van der Waals surface area contributed by atoms with Crippen molar-refractivity contribution in [3.05, 3.63) is 34.3 Å². The van der Waals surface area contributed by atoms with Crippen molar-refractivity contribution in [2.45, 2.75) is 37.6 Å². The van der Waals surface area contributed by atoms with Crippen molar-refractivity contribution in [2.75, 3.05) is 13.7 Å². The van der Waals surface area contributed by atoms with Gasteiger partial charge in [-0.05, 0) is 43.4 Å². The Morgan fingerprint density at radius 1 is 1.42 bits per heavy atom. The lowest BCUT2D eigenvalue weighted by molar-refractivity contribution is -0.122. The molecule has 0 atom stereocenters. The molecule has 1 aromatic carbocycles. The lowest BCUT2D eigenvalue weighted by Crippen LogP contribution is -2.34. The van der Waals surface area contributed by atoms with Crippen molar-refractivity contribution in [2.24, 2.45) is 0 Å².